The Hall–Kier alpha value is -6.10. The summed E-state index contributed by atoms with van der Waals surface area (Å²) in [7, 11) is -0.708. The number of nitrogens with one attached hydrogen (secondary N) is 6. The predicted molar refractivity (Wildman–Crippen MR) is 233 cm³/mol. The molecule has 312 valence electrons. The van der Waals surface area contributed by atoms with Crippen LogP contribution < -0.4 is 45.5 Å². The summed E-state index contributed by atoms with van der Waals surface area (Å²) in [6.07, 6.45) is 2.53. The number of carbonyl (C=O) groups excluding carboxylic acids is 2. The van der Waals surface area contributed by atoms with Gasteiger partial charge in [-0.3, -0.25) is 14.4 Å². The second-order valence-corrected chi connectivity index (χ2v) is 17.2. The zero-order valence-corrected chi connectivity index (χ0v) is 35.3. The minimum absolute atomic E-state index is 0.145. The molecule has 5 aromatic rings. The van der Waals surface area contributed by atoms with Gasteiger partial charge in [0.2, 0.25) is 10.0 Å². The molecular weight excluding hydrogens is 773 g/mol. The van der Waals surface area contributed by atoms with Gasteiger partial charge in [0.15, 0.2) is 5.75 Å². The highest BCUT2D eigenvalue weighted by atomic mass is 32.2. The van der Waals surface area contributed by atoms with Crippen LogP contribution in [-0.2, 0) is 15.4 Å². The predicted octanol–water partition coefficient (Wildman–Crippen LogP) is 7.47. The topological polar surface area (TPSA) is 184 Å². The van der Waals surface area contributed by atoms with Gasteiger partial charge >= 0.3 is 6.03 Å². The van der Waals surface area contributed by atoms with E-state index in [-0.39, 0.29) is 28.9 Å². The SMILES string of the molecule is COc1cc(Nc2cc(Oc3ccc(NC(=O)Nc4cc(C(C)(C)C)cc(NS(C)(=O)=O)c4OC)c4ccccc34)ccn2)ccc1C(=O)NC(C)N1CCNCC1C. The second kappa shape index (κ2) is 17.8. The van der Waals surface area contributed by atoms with Gasteiger partial charge in [0.05, 0.1) is 49.3 Å². The number of methoxy groups -OCH3 is 2. The molecule has 1 saturated heterocycles. The normalized spacial score (nSPS) is 15.2. The zero-order valence-electron chi connectivity index (χ0n) is 34.5. The molecule has 4 aromatic carbocycles. The first kappa shape index (κ1) is 42.5. The monoisotopic (exact) mass is 824 g/mol. The summed E-state index contributed by atoms with van der Waals surface area (Å²) in [5, 5.41) is 17.0. The standard InChI is InChI=1S/C43H52N8O7S/c1-26-25-44-19-20-51(26)27(2)46-41(52)33-14-13-29(23-38(33)56-6)47-39-24-30(17-18-45-39)58-37-16-15-34(31-11-9-10-12-32(31)37)48-42(53)49-35-21-28(43(3,4)5)22-36(40(35)57-7)50-59(8,54)55/h9-18,21-24,26-27,44,50H,19-20,25H2,1-8H3,(H,45,47)(H,46,52)(H2,48,49,53). The average Bonchev–Trinajstić information content (AvgIpc) is 3.18. The lowest BCUT2D eigenvalue weighted by molar-refractivity contribution is 0.0752. The third kappa shape index (κ3) is 10.5. The van der Waals surface area contributed by atoms with Crippen molar-refractivity contribution in [3.8, 4) is 23.0 Å². The number of anilines is 5. The van der Waals surface area contributed by atoms with Crippen LogP contribution >= 0.6 is 0 Å². The lowest BCUT2D eigenvalue weighted by Crippen LogP contribution is -2.57. The molecular formula is C43H52N8O7S. The number of nitrogens with zero attached hydrogens (tertiary/aromatic N) is 2. The number of sulfonamides is 1. The fourth-order valence-electron chi connectivity index (χ4n) is 6.95. The van der Waals surface area contributed by atoms with Crippen LogP contribution in [0.3, 0.4) is 0 Å². The molecule has 15 nitrogen and oxygen atoms in total. The summed E-state index contributed by atoms with van der Waals surface area (Å²) >= 11 is 0. The molecule has 6 rings (SSSR count). The molecule has 6 N–H and O–H groups in total. The highest BCUT2D eigenvalue weighted by molar-refractivity contribution is 7.92. The number of piperazine rings is 1. The van der Waals surface area contributed by atoms with Gasteiger partial charge in [-0.2, -0.15) is 0 Å². The van der Waals surface area contributed by atoms with Gasteiger partial charge in [0, 0.05) is 60.5 Å². The van der Waals surface area contributed by atoms with Crippen LogP contribution in [0.2, 0.25) is 0 Å². The maximum atomic E-state index is 13.5. The Kier molecular flexibility index (Phi) is 12.8. The van der Waals surface area contributed by atoms with Crippen molar-refractivity contribution in [2.45, 2.75) is 52.2 Å². The van der Waals surface area contributed by atoms with E-state index in [1.165, 1.54) is 14.2 Å². The third-order valence-corrected chi connectivity index (χ3v) is 10.5. The van der Waals surface area contributed by atoms with E-state index in [9.17, 15) is 18.0 Å². The van der Waals surface area contributed by atoms with Crippen LogP contribution in [0.4, 0.5) is 33.4 Å². The zero-order chi connectivity index (χ0) is 42.5. The molecule has 1 aliphatic rings. The van der Waals surface area contributed by atoms with Crippen molar-refractivity contribution in [2.75, 3.05) is 60.8 Å². The summed E-state index contributed by atoms with van der Waals surface area (Å²) < 4.78 is 44.4. The summed E-state index contributed by atoms with van der Waals surface area (Å²) in [6, 6.07) is 23.0. The van der Waals surface area contributed by atoms with Crippen molar-refractivity contribution in [3.63, 3.8) is 0 Å². The van der Waals surface area contributed by atoms with E-state index in [4.69, 9.17) is 14.2 Å². The highest BCUT2D eigenvalue weighted by Crippen LogP contribution is 2.40. The Morgan fingerprint density at radius 2 is 1.63 bits per heavy atom. The summed E-state index contributed by atoms with van der Waals surface area (Å²) in [4.78, 5) is 33.6. The van der Waals surface area contributed by atoms with Gasteiger partial charge < -0.3 is 40.8 Å². The number of carbonyl (C=O) groups is 2. The lowest BCUT2D eigenvalue weighted by Gasteiger charge is -2.38. The van der Waals surface area contributed by atoms with Crippen LogP contribution in [0.15, 0.2) is 85.1 Å². The first-order valence-corrected chi connectivity index (χ1v) is 21.1. The number of rotatable bonds is 13. The Balaban J connectivity index is 1.17. The van der Waals surface area contributed by atoms with Crippen LogP contribution in [0, 0.1) is 0 Å². The van der Waals surface area contributed by atoms with Gasteiger partial charge in [-0.25, -0.2) is 18.2 Å². The Labute approximate surface area is 345 Å². The smallest absolute Gasteiger partial charge is 0.323 e. The average molecular weight is 825 g/mol. The molecule has 16 heteroatoms. The fourth-order valence-corrected chi connectivity index (χ4v) is 7.50. The first-order chi connectivity index (χ1) is 28.0. The van der Waals surface area contributed by atoms with Crippen molar-refractivity contribution in [3.05, 3.63) is 96.2 Å². The van der Waals surface area contributed by atoms with Crippen LogP contribution in [0.5, 0.6) is 23.0 Å². The van der Waals surface area contributed by atoms with E-state index in [0.29, 0.717) is 51.7 Å². The number of fused-ring (bicyclic) bond motifs is 1. The number of hydrogen-bond acceptors (Lipinski definition) is 11. The van der Waals surface area contributed by atoms with E-state index in [1.807, 2.05) is 52.0 Å². The van der Waals surface area contributed by atoms with Gasteiger partial charge in [-0.15, -0.1) is 0 Å². The van der Waals surface area contributed by atoms with E-state index in [2.05, 4.69) is 48.1 Å². The molecule has 0 aliphatic carbocycles. The van der Waals surface area contributed by atoms with E-state index in [0.717, 1.165) is 42.2 Å². The van der Waals surface area contributed by atoms with Crippen molar-refractivity contribution < 1.29 is 32.2 Å². The van der Waals surface area contributed by atoms with Gasteiger partial charge in [-0.1, -0.05) is 45.0 Å². The highest BCUT2D eigenvalue weighted by Gasteiger charge is 2.26. The first-order valence-electron chi connectivity index (χ1n) is 19.2. The number of benzene rings is 4. The molecule has 2 unspecified atom stereocenters. The van der Waals surface area contributed by atoms with Crippen molar-refractivity contribution in [2.24, 2.45) is 0 Å². The number of urea groups is 1. The molecule has 3 amide bonds. The molecule has 59 heavy (non-hydrogen) atoms. The van der Waals surface area contributed by atoms with E-state index < -0.39 is 16.1 Å². The van der Waals surface area contributed by atoms with E-state index in [1.54, 1.807) is 60.8 Å². The van der Waals surface area contributed by atoms with Crippen LogP contribution in [0.1, 0.15) is 50.5 Å². The van der Waals surface area contributed by atoms with Crippen LogP contribution in [0.25, 0.3) is 10.8 Å². The number of ether oxygens (including phenoxy) is 3. The Morgan fingerprint density at radius 3 is 2.32 bits per heavy atom. The summed E-state index contributed by atoms with van der Waals surface area (Å²) in [5.41, 5.74) is 2.52. The van der Waals surface area contributed by atoms with Gasteiger partial charge in [0.25, 0.3) is 5.91 Å². The second-order valence-electron chi connectivity index (χ2n) is 15.4. The molecule has 1 fully saturated rings. The summed E-state index contributed by atoms with van der Waals surface area (Å²) in [5.74, 6) is 1.92. The molecule has 0 spiro atoms. The third-order valence-electron chi connectivity index (χ3n) is 9.90. The minimum atomic E-state index is -3.64. The Morgan fingerprint density at radius 1 is 0.898 bits per heavy atom. The largest absolute Gasteiger partial charge is 0.496 e. The van der Waals surface area contributed by atoms with Crippen molar-refractivity contribution >= 4 is 61.3 Å². The van der Waals surface area contributed by atoms with Gasteiger partial charge in [-0.05, 0) is 67.3 Å². The molecule has 1 aromatic heterocycles. The molecule has 0 saturated carbocycles. The molecule has 2 atom stereocenters. The quantitative estimate of drug-likeness (QED) is 0.0693. The molecule has 1 aliphatic heterocycles. The fraction of sp³-hybridized carbons (Fsp3) is 0.326. The number of amides is 3. The number of hydrogen-bond donors (Lipinski definition) is 6. The number of aromatic nitrogens is 1. The maximum absolute atomic E-state index is 13.5. The molecule has 0 bridgehead atoms. The van der Waals surface area contributed by atoms with Crippen LogP contribution in [-0.4, -0.2) is 82.6 Å². The van der Waals surface area contributed by atoms with Crippen molar-refractivity contribution in [1.82, 2.24) is 20.5 Å². The maximum Gasteiger partial charge on any atom is 0.323 e. The lowest BCUT2D eigenvalue weighted by atomic mass is 9.86. The minimum Gasteiger partial charge on any atom is -0.496 e. The molecule has 2 heterocycles. The molecule has 0 radical (unpaired) electrons. The van der Waals surface area contributed by atoms with Gasteiger partial charge in [0.1, 0.15) is 23.1 Å². The number of pyridine rings is 1. The van der Waals surface area contributed by atoms with E-state index >= 15 is 0 Å². The summed E-state index contributed by atoms with van der Waals surface area (Å²) in [6.45, 7) is 12.7. The van der Waals surface area contributed by atoms with Crippen molar-refractivity contribution in [1.29, 1.82) is 0 Å². The Bertz CT molecular complexity index is 2460.